The van der Waals surface area contributed by atoms with Gasteiger partial charge in [-0.25, -0.2) is 8.42 Å². The zero-order valence-electron chi connectivity index (χ0n) is 17.3. The van der Waals surface area contributed by atoms with Gasteiger partial charge in [0.2, 0.25) is 21.7 Å². The van der Waals surface area contributed by atoms with Crippen LogP contribution < -0.4 is 0 Å². The lowest BCUT2D eigenvalue weighted by Crippen LogP contribution is -2.39. The molecule has 0 unspecified atom stereocenters. The summed E-state index contributed by atoms with van der Waals surface area (Å²) in [4.78, 5) is 6.08. The van der Waals surface area contributed by atoms with Crippen LogP contribution in [0.4, 0.5) is 0 Å². The maximum Gasteiger partial charge on any atom is 0.243 e. The van der Waals surface area contributed by atoms with E-state index in [-0.39, 0.29) is 5.92 Å². The number of hydrogen-bond donors (Lipinski definition) is 0. The van der Waals surface area contributed by atoms with Crippen molar-refractivity contribution in [2.45, 2.75) is 42.4 Å². The van der Waals surface area contributed by atoms with Crippen LogP contribution in [-0.4, -0.2) is 42.2 Å². The summed E-state index contributed by atoms with van der Waals surface area (Å²) in [6, 6.07) is 13.3. The van der Waals surface area contributed by atoms with E-state index in [1.807, 2.05) is 50.4 Å². The van der Waals surface area contributed by atoms with Crippen LogP contribution in [0.25, 0.3) is 11.4 Å². The normalized spacial score (nSPS) is 17.9. The average Bonchev–Trinajstić information content (AvgIpc) is 3.26. The summed E-state index contributed by atoms with van der Waals surface area (Å²) in [5.74, 6) is 0.928. The van der Waals surface area contributed by atoms with Gasteiger partial charge in [-0.1, -0.05) is 11.2 Å². The zero-order valence-corrected chi connectivity index (χ0v) is 19.0. The van der Waals surface area contributed by atoms with E-state index in [1.165, 1.54) is 4.90 Å². The van der Waals surface area contributed by atoms with Gasteiger partial charge in [0.1, 0.15) is 0 Å². The SMILES string of the molecule is CSc1ccc(-c2noc([C@@H]3CCCN(S(=O)(=O)c4ccc(C)c(C)c4)C3)n2)cc1. The van der Waals surface area contributed by atoms with Gasteiger partial charge < -0.3 is 4.52 Å². The van der Waals surface area contributed by atoms with Gasteiger partial charge in [0.05, 0.1) is 10.8 Å². The fraction of sp³-hybridized carbons (Fsp3) is 0.364. The number of aromatic nitrogens is 2. The van der Waals surface area contributed by atoms with Crippen LogP contribution in [0.1, 0.15) is 35.8 Å². The van der Waals surface area contributed by atoms with Gasteiger partial charge in [-0.3, -0.25) is 0 Å². The van der Waals surface area contributed by atoms with Crippen molar-refractivity contribution < 1.29 is 12.9 Å². The molecule has 1 aliphatic heterocycles. The van der Waals surface area contributed by atoms with Crippen LogP contribution >= 0.6 is 11.8 Å². The van der Waals surface area contributed by atoms with Crippen molar-refractivity contribution in [2.24, 2.45) is 0 Å². The van der Waals surface area contributed by atoms with Crippen molar-refractivity contribution in [1.29, 1.82) is 0 Å². The quantitative estimate of drug-likeness (QED) is 0.535. The summed E-state index contributed by atoms with van der Waals surface area (Å²) < 4.78 is 33.4. The number of nitrogens with zero attached hydrogens (tertiary/aromatic N) is 3. The molecule has 2 heterocycles. The van der Waals surface area contributed by atoms with E-state index in [1.54, 1.807) is 28.2 Å². The Morgan fingerprint density at radius 2 is 1.87 bits per heavy atom. The van der Waals surface area contributed by atoms with Crippen molar-refractivity contribution >= 4 is 21.8 Å². The van der Waals surface area contributed by atoms with Crippen LogP contribution in [0.2, 0.25) is 0 Å². The monoisotopic (exact) mass is 443 g/mol. The van der Waals surface area contributed by atoms with Crippen LogP contribution in [0.15, 0.2) is 56.8 Å². The minimum atomic E-state index is -3.55. The first-order chi connectivity index (χ1) is 14.4. The molecular formula is C22H25N3O3S2. The number of aryl methyl sites for hydroxylation is 2. The highest BCUT2D eigenvalue weighted by molar-refractivity contribution is 7.98. The molecule has 0 amide bonds. The minimum Gasteiger partial charge on any atom is -0.339 e. The van der Waals surface area contributed by atoms with Gasteiger partial charge in [-0.05, 0) is 80.5 Å². The Kier molecular flexibility index (Phi) is 5.99. The lowest BCUT2D eigenvalue weighted by Gasteiger charge is -2.30. The molecule has 0 N–H and O–H groups in total. The van der Waals surface area contributed by atoms with Gasteiger partial charge in [-0.2, -0.15) is 9.29 Å². The van der Waals surface area contributed by atoms with Crippen molar-refractivity contribution in [3.05, 3.63) is 59.5 Å². The lowest BCUT2D eigenvalue weighted by molar-refractivity contribution is 0.265. The average molecular weight is 444 g/mol. The maximum atomic E-state index is 13.2. The van der Waals surface area contributed by atoms with Crippen LogP contribution in [0, 0.1) is 13.8 Å². The molecule has 1 atom stereocenters. The van der Waals surface area contributed by atoms with Gasteiger partial charge in [-0.15, -0.1) is 11.8 Å². The van der Waals surface area contributed by atoms with Crippen LogP contribution in [0.5, 0.6) is 0 Å². The third kappa shape index (κ3) is 4.17. The molecule has 1 fully saturated rings. The number of benzene rings is 2. The summed E-state index contributed by atoms with van der Waals surface area (Å²) in [7, 11) is -3.55. The molecule has 0 aliphatic carbocycles. The van der Waals surface area contributed by atoms with E-state index >= 15 is 0 Å². The summed E-state index contributed by atoms with van der Waals surface area (Å²) >= 11 is 1.68. The second kappa shape index (κ2) is 8.53. The number of sulfonamides is 1. The van der Waals surface area contributed by atoms with Gasteiger partial charge >= 0.3 is 0 Å². The Hall–Kier alpha value is -2.16. The Morgan fingerprint density at radius 1 is 1.10 bits per heavy atom. The fourth-order valence-corrected chi connectivity index (χ4v) is 5.66. The van der Waals surface area contributed by atoms with E-state index < -0.39 is 10.0 Å². The molecule has 8 heteroatoms. The third-order valence-electron chi connectivity index (χ3n) is 5.64. The summed E-state index contributed by atoms with van der Waals surface area (Å²) in [5.41, 5.74) is 2.94. The first kappa shape index (κ1) is 21.1. The maximum absolute atomic E-state index is 13.2. The molecule has 0 spiro atoms. The fourth-order valence-electron chi connectivity index (χ4n) is 3.64. The summed E-state index contributed by atoms with van der Waals surface area (Å²) in [5, 5.41) is 4.12. The van der Waals surface area contributed by atoms with E-state index in [2.05, 4.69) is 10.1 Å². The first-order valence-electron chi connectivity index (χ1n) is 9.94. The van der Waals surface area contributed by atoms with Crippen LogP contribution in [0.3, 0.4) is 0 Å². The molecule has 1 saturated heterocycles. The van der Waals surface area contributed by atoms with E-state index in [0.29, 0.717) is 29.7 Å². The molecule has 0 radical (unpaired) electrons. The first-order valence-corrected chi connectivity index (χ1v) is 12.6. The van der Waals surface area contributed by atoms with Crippen molar-refractivity contribution in [2.75, 3.05) is 19.3 Å². The number of hydrogen-bond acceptors (Lipinski definition) is 6. The van der Waals surface area contributed by atoms with Crippen molar-refractivity contribution in [1.82, 2.24) is 14.4 Å². The molecule has 1 aliphatic rings. The lowest BCUT2D eigenvalue weighted by atomic mass is 10.00. The second-order valence-electron chi connectivity index (χ2n) is 7.63. The van der Waals surface area contributed by atoms with Gasteiger partial charge in [0.15, 0.2) is 0 Å². The predicted molar refractivity (Wildman–Crippen MR) is 118 cm³/mol. The Balaban J connectivity index is 1.54. The molecule has 4 rings (SSSR count). The predicted octanol–water partition coefficient (Wildman–Crippen LogP) is 4.64. The molecule has 158 valence electrons. The Bertz CT molecular complexity index is 1140. The second-order valence-corrected chi connectivity index (χ2v) is 10.5. The van der Waals surface area contributed by atoms with E-state index in [9.17, 15) is 8.42 Å². The van der Waals surface area contributed by atoms with Gasteiger partial charge in [0, 0.05) is 23.5 Å². The smallest absolute Gasteiger partial charge is 0.243 e. The molecule has 6 nitrogen and oxygen atoms in total. The van der Waals surface area contributed by atoms with Crippen molar-refractivity contribution in [3.8, 4) is 11.4 Å². The largest absolute Gasteiger partial charge is 0.339 e. The van der Waals surface area contributed by atoms with Crippen molar-refractivity contribution in [3.63, 3.8) is 0 Å². The van der Waals surface area contributed by atoms with E-state index in [4.69, 9.17) is 4.52 Å². The van der Waals surface area contributed by atoms with Gasteiger partial charge in [0.25, 0.3) is 0 Å². The van der Waals surface area contributed by atoms with Crippen LogP contribution in [-0.2, 0) is 10.0 Å². The topological polar surface area (TPSA) is 76.3 Å². The third-order valence-corrected chi connectivity index (χ3v) is 8.24. The molecule has 0 bridgehead atoms. The summed E-state index contributed by atoms with van der Waals surface area (Å²) in [6.07, 6.45) is 3.61. The zero-order chi connectivity index (χ0) is 21.3. The Labute approximate surface area is 181 Å². The van der Waals surface area contributed by atoms with E-state index in [0.717, 1.165) is 29.5 Å². The minimum absolute atomic E-state index is 0.105. The number of rotatable bonds is 5. The highest BCUT2D eigenvalue weighted by Gasteiger charge is 2.33. The molecular weight excluding hydrogens is 418 g/mol. The highest BCUT2D eigenvalue weighted by atomic mass is 32.2. The molecule has 3 aromatic rings. The summed E-state index contributed by atoms with van der Waals surface area (Å²) in [6.45, 7) is 4.76. The highest BCUT2D eigenvalue weighted by Crippen LogP contribution is 2.31. The number of thioether (sulfide) groups is 1. The standard InChI is InChI=1S/C22H25N3O3S2/c1-15-6-11-20(13-16(15)2)30(26,27)25-12-4-5-18(14-25)22-23-21(24-28-22)17-7-9-19(29-3)10-8-17/h6-11,13,18H,4-5,12,14H2,1-3H3/t18-/m1/s1. The molecule has 0 saturated carbocycles. The number of piperidine rings is 1. The molecule has 2 aromatic carbocycles. The molecule has 30 heavy (non-hydrogen) atoms. The Morgan fingerprint density at radius 3 is 2.57 bits per heavy atom. The molecule has 1 aromatic heterocycles.